The summed E-state index contributed by atoms with van der Waals surface area (Å²) in [4.78, 5) is 2.10. The molecule has 0 aromatic heterocycles. The molecule has 0 bridgehead atoms. The van der Waals surface area contributed by atoms with Crippen LogP contribution < -0.4 is 15.2 Å². The summed E-state index contributed by atoms with van der Waals surface area (Å²) in [6.07, 6.45) is 0. The molecule has 108 valence electrons. The first-order valence-corrected chi connectivity index (χ1v) is 6.40. The molecule has 19 heavy (non-hydrogen) atoms. The monoisotopic (exact) mass is 266 g/mol. The van der Waals surface area contributed by atoms with E-state index in [1.54, 1.807) is 14.2 Å². The Balaban J connectivity index is 3.44. The van der Waals surface area contributed by atoms with E-state index in [1.807, 2.05) is 47.0 Å². The van der Waals surface area contributed by atoms with Crippen molar-refractivity contribution in [1.29, 1.82) is 0 Å². The molecule has 0 amide bonds. The molecule has 0 spiro atoms. The van der Waals surface area contributed by atoms with Crippen LogP contribution in [0.25, 0.3) is 0 Å². The van der Waals surface area contributed by atoms with E-state index in [9.17, 15) is 0 Å². The molecule has 1 aromatic carbocycles. The Kier molecular flexibility index (Phi) is 4.82. The molecule has 0 fully saturated rings. The number of hydrogen-bond acceptors (Lipinski definition) is 4. The van der Waals surface area contributed by atoms with Gasteiger partial charge in [-0.1, -0.05) is 0 Å². The third-order valence-electron chi connectivity index (χ3n) is 3.26. The van der Waals surface area contributed by atoms with Gasteiger partial charge in [0.1, 0.15) is 11.5 Å². The van der Waals surface area contributed by atoms with E-state index in [-0.39, 0.29) is 6.04 Å². The van der Waals surface area contributed by atoms with Crippen molar-refractivity contribution >= 4 is 0 Å². The summed E-state index contributed by atoms with van der Waals surface area (Å²) < 4.78 is 10.9. The average Bonchev–Trinajstić information content (AvgIpc) is 2.28. The summed E-state index contributed by atoms with van der Waals surface area (Å²) >= 11 is 0. The standard InChI is InChI=1S/C15H26N2O2/c1-10-8-13(19-7)11(9-12(10)18-6)14(17(4)5)15(2,3)16/h8-9,14H,16H2,1-7H3. The lowest BCUT2D eigenvalue weighted by Crippen LogP contribution is -2.46. The quantitative estimate of drug-likeness (QED) is 0.888. The highest BCUT2D eigenvalue weighted by Crippen LogP contribution is 2.38. The molecule has 0 aliphatic carbocycles. The van der Waals surface area contributed by atoms with Gasteiger partial charge in [-0.25, -0.2) is 0 Å². The lowest BCUT2D eigenvalue weighted by molar-refractivity contribution is 0.199. The van der Waals surface area contributed by atoms with Gasteiger partial charge in [-0.05, 0) is 52.6 Å². The molecule has 0 radical (unpaired) electrons. The van der Waals surface area contributed by atoms with Gasteiger partial charge < -0.3 is 20.1 Å². The minimum Gasteiger partial charge on any atom is -0.496 e. The van der Waals surface area contributed by atoms with Crippen LogP contribution in [0.2, 0.25) is 0 Å². The third-order valence-corrected chi connectivity index (χ3v) is 3.26. The number of ether oxygens (including phenoxy) is 2. The average molecular weight is 266 g/mol. The maximum absolute atomic E-state index is 6.33. The number of aryl methyl sites for hydroxylation is 1. The molecule has 1 unspecified atom stereocenters. The van der Waals surface area contributed by atoms with Gasteiger partial charge >= 0.3 is 0 Å². The highest BCUT2D eigenvalue weighted by Gasteiger charge is 2.31. The van der Waals surface area contributed by atoms with Crippen molar-refractivity contribution in [3.05, 3.63) is 23.3 Å². The van der Waals surface area contributed by atoms with E-state index >= 15 is 0 Å². The molecule has 0 saturated carbocycles. The maximum atomic E-state index is 6.33. The normalized spacial score (nSPS) is 13.5. The summed E-state index contributed by atoms with van der Waals surface area (Å²) in [5, 5.41) is 0. The summed E-state index contributed by atoms with van der Waals surface area (Å²) in [6.45, 7) is 6.04. The van der Waals surface area contributed by atoms with E-state index < -0.39 is 5.54 Å². The second-order valence-corrected chi connectivity index (χ2v) is 5.75. The SMILES string of the molecule is COc1cc(C(N(C)C)C(C)(C)N)c(OC)cc1C. The molecule has 4 heteroatoms. The highest BCUT2D eigenvalue weighted by molar-refractivity contribution is 5.48. The molecule has 4 nitrogen and oxygen atoms in total. The van der Waals surface area contributed by atoms with Gasteiger partial charge in [0.25, 0.3) is 0 Å². The van der Waals surface area contributed by atoms with Gasteiger partial charge in [0.05, 0.1) is 20.3 Å². The van der Waals surface area contributed by atoms with Gasteiger partial charge in [0.15, 0.2) is 0 Å². The van der Waals surface area contributed by atoms with E-state index in [4.69, 9.17) is 15.2 Å². The molecular weight excluding hydrogens is 240 g/mol. The van der Waals surface area contributed by atoms with E-state index in [1.165, 1.54) is 0 Å². The zero-order chi connectivity index (χ0) is 14.8. The first kappa shape index (κ1) is 15.8. The predicted octanol–water partition coefficient (Wildman–Crippen LogP) is 2.35. The molecule has 0 heterocycles. The van der Waals surface area contributed by atoms with Crippen LogP contribution in [0.5, 0.6) is 11.5 Å². The van der Waals surface area contributed by atoms with Gasteiger partial charge in [0, 0.05) is 11.1 Å². The Morgan fingerprint density at radius 2 is 1.63 bits per heavy atom. The summed E-state index contributed by atoms with van der Waals surface area (Å²) in [6, 6.07) is 4.06. The van der Waals surface area contributed by atoms with Crippen molar-refractivity contribution in [2.75, 3.05) is 28.3 Å². The van der Waals surface area contributed by atoms with Crippen LogP contribution in [0.4, 0.5) is 0 Å². The molecule has 0 saturated heterocycles. The maximum Gasteiger partial charge on any atom is 0.124 e. The second-order valence-electron chi connectivity index (χ2n) is 5.75. The Labute approximate surface area is 116 Å². The molecule has 2 N–H and O–H groups in total. The predicted molar refractivity (Wildman–Crippen MR) is 79.0 cm³/mol. The van der Waals surface area contributed by atoms with Crippen molar-refractivity contribution < 1.29 is 9.47 Å². The van der Waals surface area contributed by atoms with Crippen molar-refractivity contribution in [2.45, 2.75) is 32.4 Å². The highest BCUT2D eigenvalue weighted by atomic mass is 16.5. The van der Waals surface area contributed by atoms with Crippen molar-refractivity contribution in [2.24, 2.45) is 5.73 Å². The lowest BCUT2D eigenvalue weighted by Gasteiger charge is -2.37. The number of nitrogens with two attached hydrogens (primary N) is 1. The number of likely N-dealkylation sites (N-methyl/N-ethyl adjacent to an activating group) is 1. The molecule has 0 aliphatic rings. The molecule has 0 aliphatic heterocycles. The Morgan fingerprint density at radius 3 is 2.00 bits per heavy atom. The van der Waals surface area contributed by atoms with Crippen molar-refractivity contribution in [3.63, 3.8) is 0 Å². The topological polar surface area (TPSA) is 47.7 Å². The van der Waals surface area contributed by atoms with Gasteiger partial charge in [-0.15, -0.1) is 0 Å². The summed E-state index contributed by atoms with van der Waals surface area (Å²) in [5.74, 6) is 1.70. The van der Waals surface area contributed by atoms with Gasteiger partial charge in [-0.2, -0.15) is 0 Å². The van der Waals surface area contributed by atoms with E-state index in [0.29, 0.717) is 0 Å². The van der Waals surface area contributed by atoms with E-state index in [2.05, 4.69) is 4.90 Å². The fourth-order valence-electron chi connectivity index (χ4n) is 2.63. The minimum atomic E-state index is -0.392. The smallest absolute Gasteiger partial charge is 0.124 e. The molecule has 1 atom stereocenters. The van der Waals surface area contributed by atoms with Crippen LogP contribution in [0.3, 0.4) is 0 Å². The Bertz CT molecular complexity index is 437. The van der Waals surface area contributed by atoms with Crippen LogP contribution in [0.15, 0.2) is 12.1 Å². The van der Waals surface area contributed by atoms with Crippen LogP contribution in [0.1, 0.15) is 31.0 Å². The second kappa shape index (κ2) is 5.80. The molecule has 1 aromatic rings. The van der Waals surface area contributed by atoms with Crippen molar-refractivity contribution in [3.8, 4) is 11.5 Å². The number of methoxy groups -OCH3 is 2. The number of nitrogens with zero attached hydrogens (tertiary/aromatic N) is 1. The fourth-order valence-corrected chi connectivity index (χ4v) is 2.63. The van der Waals surface area contributed by atoms with Crippen molar-refractivity contribution in [1.82, 2.24) is 4.90 Å². The van der Waals surface area contributed by atoms with Gasteiger partial charge in [-0.3, -0.25) is 0 Å². The summed E-state index contributed by atoms with van der Waals surface area (Å²) in [7, 11) is 7.40. The van der Waals surface area contributed by atoms with Crippen LogP contribution in [0, 0.1) is 6.92 Å². The van der Waals surface area contributed by atoms with E-state index in [0.717, 1.165) is 22.6 Å². The lowest BCUT2D eigenvalue weighted by atomic mass is 9.87. The minimum absolute atomic E-state index is 0.0388. The largest absolute Gasteiger partial charge is 0.496 e. The third kappa shape index (κ3) is 3.39. The fraction of sp³-hybridized carbons (Fsp3) is 0.600. The Hall–Kier alpha value is -1.26. The zero-order valence-corrected chi connectivity index (χ0v) is 13.1. The zero-order valence-electron chi connectivity index (χ0n) is 13.1. The van der Waals surface area contributed by atoms with Crippen LogP contribution in [-0.4, -0.2) is 38.8 Å². The molecular formula is C15H26N2O2. The first-order valence-electron chi connectivity index (χ1n) is 6.40. The number of hydrogen-bond donors (Lipinski definition) is 1. The van der Waals surface area contributed by atoms with Crippen LogP contribution >= 0.6 is 0 Å². The summed E-state index contributed by atoms with van der Waals surface area (Å²) in [5.41, 5.74) is 8.03. The number of benzene rings is 1. The first-order chi connectivity index (χ1) is 8.72. The number of rotatable bonds is 5. The molecule has 1 rings (SSSR count). The van der Waals surface area contributed by atoms with Crippen LogP contribution in [-0.2, 0) is 0 Å². The Morgan fingerprint density at radius 1 is 1.11 bits per heavy atom. The van der Waals surface area contributed by atoms with Gasteiger partial charge in [0.2, 0.25) is 0 Å².